The van der Waals surface area contributed by atoms with Gasteiger partial charge in [0.25, 0.3) is 10.1 Å². The maximum atomic E-state index is 11.3. The molecule has 0 aromatic heterocycles. The monoisotopic (exact) mass is 399 g/mol. The zero-order chi connectivity index (χ0) is 18.2. The molecule has 26 heavy (non-hydrogen) atoms. The second-order valence-electron chi connectivity index (χ2n) is 5.37. The van der Waals surface area contributed by atoms with E-state index in [9.17, 15) is 18.1 Å². The molecule has 0 saturated heterocycles. The fraction of sp³-hybridized carbons (Fsp3) is 0.0588. The summed E-state index contributed by atoms with van der Waals surface area (Å²) in [4.78, 5) is -0.354. The number of phenols is 1. The Hall–Kier alpha value is -1.48. The van der Waals surface area contributed by atoms with Crippen LogP contribution in [0.25, 0.3) is 10.8 Å². The molecule has 0 unspecified atom stereocenters. The van der Waals surface area contributed by atoms with Gasteiger partial charge in [0.05, 0.1) is 16.3 Å². The van der Waals surface area contributed by atoms with Crippen molar-refractivity contribution in [3.05, 3.63) is 59.1 Å². The SMILES string of the molecule is Cc1c(Cl)cc(S(=O)(=O)O)cc1N=Nc1ccc(O)c2ccccc12.[Na+]. The van der Waals surface area contributed by atoms with E-state index in [4.69, 9.17) is 11.6 Å². The summed E-state index contributed by atoms with van der Waals surface area (Å²) in [6.07, 6.45) is 0. The molecule has 0 saturated carbocycles. The molecule has 3 aromatic rings. The minimum atomic E-state index is -4.41. The predicted molar refractivity (Wildman–Crippen MR) is 95.8 cm³/mol. The molecular formula is C17H13ClN2NaO4S+. The molecule has 0 bridgehead atoms. The number of aromatic hydroxyl groups is 1. The van der Waals surface area contributed by atoms with Crippen LogP contribution in [-0.2, 0) is 10.1 Å². The molecule has 0 atom stereocenters. The van der Waals surface area contributed by atoms with Crippen molar-refractivity contribution in [1.29, 1.82) is 0 Å². The second-order valence-corrected chi connectivity index (χ2v) is 7.20. The summed E-state index contributed by atoms with van der Waals surface area (Å²) in [7, 11) is -4.41. The number of nitrogens with zero attached hydrogens (tertiary/aromatic N) is 2. The van der Waals surface area contributed by atoms with Crippen molar-refractivity contribution in [1.82, 2.24) is 0 Å². The molecule has 3 aromatic carbocycles. The fourth-order valence-electron chi connectivity index (χ4n) is 2.36. The van der Waals surface area contributed by atoms with E-state index in [1.54, 1.807) is 31.2 Å². The molecule has 0 fully saturated rings. The second kappa shape index (κ2) is 8.04. The van der Waals surface area contributed by atoms with Gasteiger partial charge in [-0.25, -0.2) is 0 Å². The van der Waals surface area contributed by atoms with Gasteiger partial charge in [0.2, 0.25) is 0 Å². The summed E-state index contributed by atoms with van der Waals surface area (Å²) in [6.45, 7) is 1.67. The summed E-state index contributed by atoms with van der Waals surface area (Å²) in [6, 6.07) is 12.6. The van der Waals surface area contributed by atoms with E-state index in [-0.39, 0.29) is 50.9 Å². The first-order valence-corrected chi connectivity index (χ1v) is 8.99. The molecular weight excluding hydrogens is 387 g/mol. The van der Waals surface area contributed by atoms with Crippen LogP contribution in [0, 0.1) is 6.92 Å². The Bertz CT molecular complexity index is 1120. The van der Waals surface area contributed by atoms with E-state index in [2.05, 4.69) is 10.2 Å². The third kappa shape index (κ3) is 4.25. The molecule has 0 spiro atoms. The third-order valence-electron chi connectivity index (χ3n) is 3.73. The standard InChI is InChI=1S/C17H13ClN2O4S.Na/c1-10-14(18)8-11(25(22,23)24)9-16(10)20-19-15-6-7-17(21)13-5-3-2-4-12(13)15;/h2-9,21H,1H3,(H,22,23,24);/q;+1. The van der Waals surface area contributed by atoms with E-state index in [1.165, 1.54) is 12.1 Å². The van der Waals surface area contributed by atoms with Crippen LogP contribution in [0.1, 0.15) is 5.56 Å². The Morgan fingerprint density at radius 2 is 1.58 bits per heavy atom. The Kier molecular flexibility index (Phi) is 6.44. The van der Waals surface area contributed by atoms with Gasteiger partial charge in [-0.3, -0.25) is 4.55 Å². The minimum absolute atomic E-state index is 0. The topological polar surface area (TPSA) is 99.3 Å². The number of halogens is 1. The molecule has 0 amide bonds. The summed E-state index contributed by atoms with van der Waals surface area (Å²) in [5, 5.41) is 19.6. The Morgan fingerprint density at radius 1 is 0.962 bits per heavy atom. The number of fused-ring (bicyclic) bond motifs is 1. The van der Waals surface area contributed by atoms with Crippen molar-refractivity contribution in [3.8, 4) is 5.75 Å². The van der Waals surface area contributed by atoms with E-state index in [1.807, 2.05) is 6.07 Å². The van der Waals surface area contributed by atoms with E-state index in [0.717, 1.165) is 6.07 Å². The molecule has 3 rings (SSSR count). The summed E-state index contributed by atoms with van der Waals surface area (Å²) in [5.41, 5.74) is 1.25. The number of hydrogen-bond donors (Lipinski definition) is 2. The van der Waals surface area contributed by atoms with Gasteiger partial charge < -0.3 is 5.11 Å². The van der Waals surface area contributed by atoms with Crippen molar-refractivity contribution >= 4 is 43.9 Å². The van der Waals surface area contributed by atoms with Crippen LogP contribution in [0.2, 0.25) is 5.02 Å². The Morgan fingerprint density at radius 3 is 2.23 bits per heavy atom. The molecule has 6 nitrogen and oxygen atoms in total. The zero-order valence-electron chi connectivity index (χ0n) is 14.0. The van der Waals surface area contributed by atoms with E-state index in [0.29, 0.717) is 22.0 Å². The quantitative estimate of drug-likeness (QED) is 0.400. The van der Waals surface area contributed by atoms with Gasteiger partial charge in [-0.1, -0.05) is 35.9 Å². The average Bonchev–Trinajstić information content (AvgIpc) is 2.57. The molecule has 128 valence electrons. The number of azo groups is 1. The van der Waals surface area contributed by atoms with Gasteiger partial charge in [-0.05, 0) is 36.8 Å². The van der Waals surface area contributed by atoms with Gasteiger partial charge in [0.15, 0.2) is 0 Å². The first kappa shape index (κ1) is 20.8. The summed E-state index contributed by atoms with van der Waals surface area (Å²) >= 11 is 6.01. The largest absolute Gasteiger partial charge is 1.00 e. The van der Waals surface area contributed by atoms with Crippen LogP contribution in [0.3, 0.4) is 0 Å². The van der Waals surface area contributed by atoms with Gasteiger partial charge in [0, 0.05) is 15.8 Å². The van der Waals surface area contributed by atoms with Crippen LogP contribution >= 0.6 is 11.6 Å². The third-order valence-corrected chi connectivity index (χ3v) is 4.96. The summed E-state index contributed by atoms with van der Waals surface area (Å²) < 4.78 is 31.9. The van der Waals surface area contributed by atoms with E-state index >= 15 is 0 Å². The predicted octanol–water partition coefficient (Wildman–Crippen LogP) is 2.17. The van der Waals surface area contributed by atoms with Crippen LogP contribution < -0.4 is 29.6 Å². The van der Waals surface area contributed by atoms with Crippen molar-refractivity contribution in [2.45, 2.75) is 11.8 Å². The Balaban J connectivity index is 0.00000243. The van der Waals surface area contributed by atoms with Gasteiger partial charge in [0.1, 0.15) is 5.75 Å². The molecule has 0 radical (unpaired) electrons. The Labute approximate surface area is 177 Å². The maximum absolute atomic E-state index is 11.3. The van der Waals surface area contributed by atoms with Gasteiger partial charge in [-0.15, -0.1) is 5.11 Å². The smallest absolute Gasteiger partial charge is 0.507 e. The average molecular weight is 400 g/mol. The van der Waals surface area contributed by atoms with Crippen molar-refractivity contribution in [2.75, 3.05) is 0 Å². The van der Waals surface area contributed by atoms with Crippen molar-refractivity contribution < 1.29 is 47.6 Å². The molecule has 0 aliphatic heterocycles. The van der Waals surface area contributed by atoms with Crippen LogP contribution in [0.4, 0.5) is 11.4 Å². The summed E-state index contributed by atoms with van der Waals surface area (Å²) in [5.74, 6) is 0.127. The van der Waals surface area contributed by atoms with E-state index < -0.39 is 10.1 Å². The molecule has 0 heterocycles. The molecule has 0 aliphatic carbocycles. The van der Waals surface area contributed by atoms with Crippen molar-refractivity contribution in [2.24, 2.45) is 10.2 Å². The van der Waals surface area contributed by atoms with Gasteiger partial charge in [-0.2, -0.15) is 13.5 Å². The fourth-order valence-corrected chi connectivity index (χ4v) is 3.16. The number of rotatable bonds is 3. The van der Waals surface area contributed by atoms with Crippen LogP contribution in [0.15, 0.2) is 63.7 Å². The first-order valence-electron chi connectivity index (χ1n) is 7.17. The maximum Gasteiger partial charge on any atom is 1.00 e. The first-order chi connectivity index (χ1) is 11.8. The number of phenolic OH excluding ortho intramolecular Hbond substituents is 1. The van der Waals surface area contributed by atoms with Crippen LogP contribution in [0.5, 0.6) is 5.75 Å². The van der Waals surface area contributed by atoms with Gasteiger partial charge >= 0.3 is 29.6 Å². The normalized spacial score (nSPS) is 11.7. The minimum Gasteiger partial charge on any atom is -0.507 e. The molecule has 2 N–H and O–H groups in total. The molecule has 0 aliphatic rings. The van der Waals surface area contributed by atoms with Crippen LogP contribution in [-0.4, -0.2) is 18.1 Å². The number of benzene rings is 3. The number of hydrogen-bond acceptors (Lipinski definition) is 5. The zero-order valence-corrected chi connectivity index (χ0v) is 17.6. The molecule has 9 heteroatoms. The van der Waals surface area contributed by atoms with Crippen molar-refractivity contribution in [3.63, 3.8) is 0 Å².